The SMILES string of the molecule is CC(O)c1ccc(OCCC(F)(F)F)cc1. The first-order chi connectivity index (χ1) is 7.38. The Morgan fingerprint density at radius 1 is 1.25 bits per heavy atom. The highest BCUT2D eigenvalue weighted by atomic mass is 19.4. The molecule has 1 aromatic rings. The molecular weight excluding hydrogens is 221 g/mol. The van der Waals surface area contributed by atoms with E-state index in [1.165, 1.54) is 0 Å². The van der Waals surface area contributed by atoms with Gasteiger partial charge in [-0.15, -0.1) is 0 Å². The molecule has 1 N–H and O–H groups in total. The summed E-state index contributed by atoms with van der Waals surface area (Å²) in [6.45, 7) is 1.22. The van der Waals surface area contributed by atoms with Crippen LogP contribution in [0.4, 0.5) is 13.2 Å². The number of halogens is 3. The van der Waals surface area contributed by atoms with E-state index in [2.05, 4.69) is 0 Å². The summed E-state index contributed by atoms with van der Waals surface area (Å²) in [5.74, 6) is 0.369. The second kappa shape index (κ2) is 5.21. The first kappa shape index (κ1) is 12.8. The van der Waals surface area contributed by atoms with E-state index in [-0.39, 0.29) is 0 Å². The number of hydrogen-bond donors (Lipinski definition) is 1. The number of benzene rings is 1. The molecule has 16 heavy (non-hydrogen) atoms. The molecule has 0 spiro atoms. The van der Waals surface area contributed by atoms with Crippen LogP contribution in [0, 0.1) is 0 Å². The summed E-state index contributed by atoms with van der Waals surface area (Å²) in [6.07, 6.45) is -5.76. The highest BCUT2D eigenvalue weighted by Crippen LogP contribution is 2.21. The first-order valence-electron chi connectivity index (χ1n) is 4.86. The molecule has 0 heterocycles. The van der Waals surface area contributed by atoms with Crippen molar-refractivity contribution in [2.24, 2.45) is 0 Å². The Labute approximate surface area is 91.7 Å². The fraction of sp³-hybridized carbons (Fsp3) is 0.455. The Balaban J connectivity index is 2.44. The maximum atomic E-state index is 11.8. The Morgan fingerprint density at radius 2 is 1.81 bits per heavy atom. The second-order valence-corrected chi connectivity index (χ2v) is 3.46. The molecule has 1 atom stereocenters. The van der Waals surface area contributed by atoms with Crippen LogP contribution in [0.2, 0.25) is 0 Å². The highest BCUT2D eigenvalue weighted by molar-refractivity contribution is 5.28. The second-order valence-electron chi connectivity index (χ2n) is 3.46. The van der Waals surface area contributed by atoms with Gasteiger partial charge >= 0.3 is 6.18 Å². The van der Waals surface area contributed by atoms with Crippen LogP contribution in [0.5, 0.6) is 5.75 Å². The molecule has 5 heteroatoms. The molecule has 0 saturated carbocycles. The van der Waals surface area contributed by atoms with Crippen molar-refractivity contribution >= 4 is 0 Å². The Bertz CT molecular complexity index is 317. The summed E-state index contributed by atoms with van der Waals surface area (Å²) in [6, 6.07) is 6.32. The van der Waals surface area contributed by atoms with Crippen molar-refractivity contribution in [1.29, 1.82) is 0 Å². The minimum atomic E-state index is -4.19. The van der Waals surface area contributed by atoms with Gasteiger partial charge in [-0.3, -0.25) is 0 Å². The van der Waals surface area contributed by atoms with Crippen molar-refractivity contribution in [3.63, 3.8) is 0 Å². The smallest absolute Gasteiger partial charge is 0.392 e. The van der Waals surface area contributed by atoms with Crippen LogP contribution < -0.4 is 4.74 Å². The fourth-order valence-corrected chi connectivity index (χ4v) is 1.13. The van der Waals surface area contributed by atoms with Gasteiger partial charge in [-0.05, 0) is 24.6 Å². The highest BCUT2D eigenvalue weighted by Gasteiger charge is 2.26. The third-order valence-corrected chi connectivity index (χ3v) is 2.02. The zero-order valence-electron chi connectivity index (χ0n) is 8.79. The van der Waals surface area contributed by atoms with Gasteiger partial charge in [0.2, 0.25) is 0 Å². The summed E-state index contributed by atoms with van der Waals surface area (Å²) in [5, 5.41) is 9.21. The predicted octanol–water partition coefficient (Wildman–Crippen LogP) is 3.07. The zero-order valence-corrected chi connectivity index (χ0v) is 8.79. The topological polar surface area (TPSA) is 29.5 Å². The average Bonchev–Trinajstić information content (AvgIpc) is 2.16. The van der Waals surface area contributed by atoms with Crippen LogP contribution >= 0.6 is 0 Å². The third-order valence-electron chi connectivity index (χ3n) is 2.02. The molecule has 0 aliphatic rings. The summed E-state index contributed by atoms with van der Waals surface area (Å²) in [7, 11) is 0. The van der Waals surface area contributed by atoms with E-state index in [1.807, 2.05) is 0 Å². The summed E-state index contributed by atoms with van der Waals surface area (Å²) in [4.78, 5) is 0. The zero-order chi connectivity index (χ0) is 12.2. The van der Waals surface area contributed by atoms with Gasteiger partial charge in [0.1, 0.15) is 5.75 Å². The Kier molecular flexibility index (Phi) is 4.18. The fourth-order valence-electron chi connectivity index (χ4n) is 1.13. The minimum Gasteiger partial charge on any atom is -0.493 e. The maximum absolute atomic E-state index is 11.8. The van der Waals surface area contributed by atoms with Crippen molar-refractivity contribution in [2.75, 3.05) is 6.61 Å². The van der Waals surface area contributed by atoms with E-state index in [9.17, 15) is 18.3 Å². The van der Waals surface area contributed by atoms with Crippen LogP contribution in [-0.4, -0.2) is 17.9 Å². The van der Waals surface area contributed by atoms with Gasteiger partial charge in [-0.25, -0.2) is 0 Å². The van der Waals surface area contributed by atoms with Gasteiger partial charge in [0.15, 0.2) is 0 Å². The molecule has 0 aromatic heterocycles. The molecule has 0 radical (unpaired) electrons. The monoisotopic (exact) mass is 234 g/mol. The largest absolute Gasteiger partial charge is 0.493 e. The van der Waals surface area contributed by atoms with E-state index in [4.69, 9.17) is 4.74 Å². The third kappa shape index (κ3) is 4.53. The van der Waals surface area contributed by atoms with Gasteiger partial charge in [-0.1, -0.05) is 12.1 Å². The summed E-state index contributed by atoms with van der Waals surface area (Å²) in [5.41, 5.74) is 0.697. The number of alkyl halides is 3. The molecule has 0 amide bonds. The average molecular weight is 234 g/mol. The molecule has 2 nitrogen and oxygen atoms in total. The lowest BCUT2D eigenvalue weighted by atomic mass is 10.1. The van der Waals surface area contributed by atoms with E-state index in [0.29, 0.717) is 11.3 Å². The molecule has 1 unspecified atom stereocenters. The van der Waals surface area contributed by atoms with E-state index < -0.39 is 25.3 Å². The van der Waals surface area contributed by atoms with Crippen molar-refractivity contribution in [3.05, 3.63) is 29.8 Å². The van der Waals surface area contributed by atoms with Gasteiger partial charge in [-0.2, -0.15) is 13.2 Å². The van der Waals surface area contributed by atoms with Crippen molar-refractivity contribution in [2.45, 2.75) is 25.6 Å². The van der Waals surface area contributed by atoms with Gasteiger partial charge < -0.3 is 9.84 Å². The molecule has 90 valence electrons. The van der Waals surface area contributed by atoms with Crippen LogP contribution in [0.15, 0.2) is 24.3 Å². The maximum Gasteiger partial charge on any atom is 0.392 e. The lowest BCUT2D eigenvalue weighted by molar-refractivity contribution is -0.139. The van der Waals surface area contributed by atoms with E-state index >= 15 is 0 Å². The van der Waals surface area contributed by atoms with Crippen LogP contribution in [0.25, 0.3) is 0 Å². The minimum absolute atomic E-state index is 0.369. The lowest BCUT2D eigenvalue weighted by Gasteiger charge is -2.09. The van der Waals surface area contributed by atoms with Crippen molar-refractivity contribution < 1.29 is 23.0 Å². The molecular formula is C11H13F3O2. The predicted molar refractivity (Wildman–Crippen MR) is 53.2 cm³/mol. The number of hydrogen-bond acceptors (Lipinski definition) is 2. The molecule has 1 aromatic carbocycles. The molecule has 0 aliphatic heterocycles. The Hall–Kier alpha value is -1.23. The van der Waals surface area contributed by atoms with Crippen LogP contribution in [-0.2, 0) is 0 Å². The van der Waals surface area contributed by atoms with Crippen LogP contribution in [0.3, 0.4) is 0 Å². The quantitative estimate of drug-likeness (QED) is 0.867. The lowest BCUT2D eigenvalue weighted by Crippen LogP contribution is -2.13. The van der Waals surface area contributed by atoms with Gasteiger partial charge in [0.05, 0.1) is 19.1 Å². The Morgan fingerprint density at radius 3 is 2.25 bits per heavy atom. The molecule has 0 saturated heterocycles. The van der Waals surface area contributed by atoms with Crippen molar-refractivity contribution in [1.82, 2.24) is 0 Å². The van der Waals surface area contributed by atoms with E-state index in [0.717, 1.165) is 0 Å². The normalized spacial score (nSPS) is 13.6. The first-order valence-corrected chi connectivity index (χ1v) is 4.86. The van der Waals surface area contributed by atoms with Crippen molar-refractivity contribution in [3.8, 4) is 5.75 Å². The molecule has 0 bridgehead atoms. The number of ether oxygens (including phenoxy) is 1. The van der Waals surface area contributed by atoms with E-state index in [1.54, 1.807) is 31.2 Å². The van der Waals surface area contributed by atoms with Crippen LogP contribution in [0.1, 0.15) is 25.0 Å². The van der Waals surface area contributed by atoms with Gasteiger partial charge in [0, 0.05) is 0 Å². The number of aliphatic hydroxyl groups excluding tert-OH is 1. The standard InChI is InChI=1S/C11H13F3O2/c1-8(15)9-2-4-10(5-3-9)16-7-6-11(12,13)14/h2-5,8,15H,6-7H2,1H3. The summed E-state index contributed by atoms with van der Waals surface area (Å²) >= 11 is 0. The molecule has 1 rings (SSSR count). The molecule has 0 aliphatic carbocycles. The number of rotatable bonds is 4. The number of aliphatic hydroxyl groups is 1. The molecule has 0 fully saturated rings. The van der Waals surface area contributed by atoms with Gasteiger partial charge in [0.25, 0.3) is 0 Å². The summed E-state index contributed by atoms with van der Waals surface area (Å²) < 4.78 is 40.4.